The van der Waals surface area contributed by atoms with Crippen LogP contribution in [-0.2, 0) is 0 Å². The van der Waals surface area contributed by atoms with Crippen LogP contribution in [0.2, 0.25) is 0 Å². The number of nitrogens with one attached hydrogen (secondary N) is 1. The van der Waals surface area contributed by atoms with E-state index in [9.17, 15) is 4.79 Å². The Kier molecular flexibility index (Phi) is 3.26. The van der Waals surface area contributed by atoms with E-state index in [1.807, 2.05) is 35.9 Å². The molecule has 2 heterocycles. The number of hydrogen-bond acceptors (Lipinski definition) is 5. The molecule has 20 heavy (non-hydrogen) atoms. The lowest BCUT2D eigenvalue weighted by molar-refractivity contribution is 0.102. The fourth-order valence-corrected chi connectivity index (χ4v) is 2.49. The molecular formula is C13H11N5OS. The Balaban J connectivity index is 1.82. The van der Waals surface area contributed by atoms with Gasteiger partial charge in [-0.3, -0.25) is 4.79 Å². The molecular weight excluding hydrogens is 274 g/mol. The molecule has 1 aromatic carbocycles. The van der Waals surface area contributed by atoms with Crippen molar-refractivity contribution in [3.05, 3.63) is 52.5 Å². The minimum absolute atomic E-state index is 0.110. The quantitative estimate of drug-likeness (QED) is 0.801. The first kappa shape index (κ1) is 12.5. The Hall–Kier alpha value is -2.54. The molecule has 2 aromatic heterocycles. The molecule has 6 nitrogen and oxygen atoms in total. The van der Waals surface area contributed by atoms with Gasteiger partial charge in [-0.1, -0.05) is 0 Å². The summed E-state index contributed by atoms with van der Waals surface area (Å²) in [6.07, 6.45) is 1.53. The smallest absolute Gasteiger partial charge is 0.256 e. The Morgan fingerprint density at radius 2 is 2.25 bits per heavy atom. The SMILES string of the molecule is Cc1cc(NC(=O)c2ccsc2)ccc1-n1cnnn1. The second-order valence-corrected chi connectivity index (χ2v) is 5.00. The van der Waals surface area contributed by atoms with Crippen molar-refractivity contribution >= 4 is 22.9 Å². The number of rotatable bonds is 3. The van der Waals surface area contributed by atoms with Crippen LogP contribution in [-0.4, -0.2) is 26.1 Å². The Labute approximate surface area is 119 Å². The van der Waals surface area contributed by atoms with E-state index >= 15 is 0 Å². The van der Waals surface area contributed by atoms with Gasteiger partial charge in [0.15, 0.2) is 0 Å². The van der Waals surface area contributed by atoms with Crippen LogP contribution in [0.25, 0.3) is 5.69 Å². The van der Waals surface area contributed by atoms with Gasteiger partial charge in [0.1, 0.15) is 6.33 Å². The second-order valence-electron chi connectivity index (χ2n) is 4.22. The molecule has 0 aliphatic rings. The molecule has 0 saturated heterocycles. The zero-order valence-corrected chi connectivity index (χ0v) is 11.5. The van der Waals surface area contributed by atoms with Gasteiger partial charge >= 0.3 is 0 Å². The number of benzene rings is 1. The van der Waals surface area contributed by atoms with Gasteiger partial charge in [0.2, 0.25) is 0 Å². The number of tetrazole rings is 1. The highest BCUT2D eigenvalue weighted by Crippen LogP contribution is 2.18. The zero-order valence-electron chi connectivity index (χ0n) is 10.6. The highest BCUT2D eigenvalue weighted by Gasteiger charge is 2.08. The van der Waals surface area contributed by atoms with Gasteiger partial charge in [0.25, 0.3) is 5.91 Å². The average Bonchev–Trinajstić information content (AvgIpc) is 3.12. The van der Waals surface area contributed by atoms with Crippen molar-refractivity contribution in [3.63, 3.8) is 0 Å². The molecule has 0 aliphatic heterocycles. The van der Waals surface area contributed by atoms with E-state index in [1.165, 1.54) is 17.7 Å². The Morgan fingerprint density at radius 3 is 2.90 bits per heavy atom. The van der Waals surface area contributed by atoms with Gasteiger partial charge in [-0.25, -0.2) is 4.68 Å². The van der Waals surface area contributed by atoms with E-state index in [4.69, 9.17) is 0 Å². The van der Waals surface area contributed by atoms with Crippen molar-refractivity contribution in [2.24, 2.45) is 0 Å². The monoisotopic (exact) mass is 285 g/mol. The molecule has 0 bridgehead atoms. The van der Waals surface area contributed by atoms with Crippen LogP contribution in [0, 0.1) is 6.92 Å². The molecule has 3 aromatic rings. The number of carbonyl (C=O) groups is 1. The van der Waals surface area contributed by atoms with Crippen LogP contribution in [0.3, 0.4) is 0 Å². The molecule has 0 fully saturated rings. The summed E-state index contributed by atoms with van der Waals surface area (Å²) < 4.78 is 1.58. The first-order valence-electron chi connectivity index (χ1n) is 5.91. The maximum Gasteiger partial charge on any atom is 0.256 e. The van der Waals surface area contributed by atoms with E-state index in [-0.39, 0.29) is 5.91 Å². The molecule has 0 saturated carbocycles. The first-order chi connectivity index (χ1) is 9.74. The third-order valence-electron chi connectivity index (χ3n) is 2.83. The van der Waals surface area contributed by atoms with Crippen LogP contribution >= 0.6 is 11.3 Å². The minimum Gasteiger partial charge on any atom is -0.322 e. The zero-order chi connectivity index (χ0) is 13.9. The van der Waals surface area contributed by atoms with Gasteiger partial charge in [0, 0.05) is 11.1 Å². The predicted octanol–water partition coefficient (Wildman–Crippen LogP) is 2.28. The fraction of sp³-hybridized carbons (Fsp3) is 0.0769. The highest BCUT2D eigenvalue weighted by atomic mass is 32.1. The number of anilines is 1. The number of amides is 1. The molecule has 1 amide bonds. The molecule has 3 rings (SSSR count). The summed E-state index contributed by atoms with van der Waals surface area (Å²) in [4.78, 5) is 12.0. The summed E-state index contributed by atoms with van der Waals surface area (Å²) in [6, 6.07) is 7.38. The van der Waals surface area contributed by atoms with E-state index in [0.29, 0.717) is 5.56 Å². The van der Waals surface area contributed by atoms with Gasteiger partial charge in [0.05, 0.1) is 11.3 Å². The lowest BCUT2D eigenvalue weighted by Crippen LogP contribution is -2.11. The maximum atomic E-state index is 12.0. The van der Waals surface area contributed by atoms with E-state index in [0.717, 1.165) is 16.9 Å². The molecule has 0 atom stereocenters. The lowest BCUT2D eigenvalue weighted by atomic mass is 10.1. The Morgan fingerprint density at radius 1 is 1.35 bits per heavy atom. The summed E-state index contributed by atoms with van der Waals surface area (Å²) in [7, 11) is 0. The van der Waals surface area contributed by atoms with Gasteiger partial charge in [-0.15, -0.1) is 5.10 Å². The van der Waals surface area contributed by atoms with E-state index < -0.39 is 0 Å². The van der Waals surface area contributed by atoms with E-state index in [2.05, 4.69) is 20.8 Å². The van der Waals surface area contributed by atoms with Crippen LogP contribution in [0.4, 0.5) is 5.69 Å². The molecule has 0 radical (unpaired) electrons. The molecule has 1 N–H and O–H groups in total. The van der Waals surface area contributed by atoms with Gasteiger partial charge in [-0.2, -0.15) is 11.3 Å². The lowest BCUT2D eigenvalue weighted by Gasteiger charge is -2.08. The number of hydrogen-bond donors (Lipinski definition) is 1. The highest BCUT2D eigenvalue weighted by molar-refractivity contribution is 7.08. The summed E-state index contributed by atoms with van der Waals surface area (Å²) >= 11 is 1.50. The topological polar surface area (TPSA) is 72.7 Å². The third kappa shape index (κ3) is 2.43. The van der Waals surface area contributed by atoms with E-state index in [1.54, 1.807) is 10.7 Å². The molecule has 7 heteroatoms. The second kappa shape index (κ2) is 5.22. The number of thiophene rings is 1. The average molecular weight is 285 g/mol. The van der Waals surface area contributed by atoms with Crippen molar-refractivity contribution in [2.45, 2.75) is 6.92 Å². The Bertz CT molecular complexity index is 721. The fourth-order valence-electron chi connectivity index (χ4n) is 1.86. The number of carbonyl (C=O) groups excluding carboxylic acids is 1. The number of aryl methyl sites for hydroxylation is 1. The van der Waals surface area contributed by atoms with Crippen molar-refractivity contribution < 1.29 is 4.79 Å². The molecule has 100 valence electrons. The normalized spacial score (nSPS) is 10.4. The van der Waals surface area contributed by atoms with Crippen LogP contribution < -0.4 is 5.32 Å². The summed E-state index contributed by atoms with van der Waals surface area (Å²) in [5.74, 6) is -0.110. The van der Waals surface area contributed by atoms with Crippen LogP contribution in [0.15, 0.2) is 41.4 Å². The van der Waals surface area contributed by atoms with Gasteiger partial charge < -0.3 is 5.32 Å². The summed E-state index contributed by atoms with van der Waals surface area (Å²) in [5.41, 5.74) is 3.26. The summed E-state index contributed by atoms with van der Waals surface area (Å²) in [6.45, 7) is 1.94. The number of nitrogens with zero attached hydrogens (tertiary/aromatic N) is 4. The molecule has 0 spiro atoms. The van der Waals surface area contributed by atoms with Crippen molar-refractivity contribution in [3.8, 4) is 5.69 Å². The largest absolute Gasteiger partial charge is 0.322 e. The first-order valence-corrected chi connectivity index (χ1v) is 6.86. The maximum absolute atomic E-state index is 12.0. The molecule has 0 aliphatic carbocycles. The summed E-state index contributed by atoms with van der Waals surface area (Å²) in [5, 5.41) is 17.6. The standard InChI is InChI=1S/C13H11N5OS/c1-9-6-11(15-13(19)10-4-5-20-7-10)2-3-12(9)18-8-14-16-17-18/h2-8H,1H3,(H,15,19). The van der Waals surface area contributed by atoms with Crippen molar-refractivity contribution in [1.29, 1.82) is 0 Å². The predicted molar refractivity (Wildman–Crippen MR) is 76.2 cm³/mol. The van der Waals surface area contributed by atoms with Crippen molar-refractivity contribution in [1.82, 2.24) is 20.2 Å². The molecule has 0 unspecified atom stereocenters. The van der Waals surface area contributed by atoms with Crippen LogP contribution in [0.5, 0.6) is 0 Å². The van der Waals surface area contributed by atoms with Gasteiger partial charge in [-0.05, 0) is 52.6 Å². The third-order valence-corrected chi connectivity index (χ3v) is 3.52. The minimum atomic E-state index is -0.110. The number of aromatic nitrogens is 4. The van der Waals surface area contributed by atoms with Crippen molar-refractivity contribution in [2.75, 3.05) is 5.32 Å². The van der Waals surface area contributed by atoms with Crippen LogP contribution in [0.1, 0.15) is 15.9 Å².